The molecule has 0 atom stereocenters. The molecular formula is C19H21N7O2. The van der Waals surface area contributed by atoms with Gasteiger partial charge in [-0.15, -0.1) is 0 Å². The van der Waals surface area contributed by atoms with Crippen molar-refractivity contribution in [1.29, 1.82) is 0 Å². The summed E-state index contributed by atoms with van der Waals surface area (Å²) in [6.45, 7) is 3.81. The molecule has 2 aromatic carbocycles. The number of aromatic nitrogens is 2. The van der Waals surface area contributed by atoms with Crippen LogP contribution in [-0.2, 0) is 0 Å². The van der Waals surface area contributed by atoms with Crippen molar-refractivity contribution in [3.8, 4) is 11.1 Å². The Bertz CT molecular complexity index is 1030. The summed E-state index contributed by atoms with van der Waals surface area (Å²) in [7, 11) is 2.11. The van der Waals surface area contributed by atoms with Crippen molar-refractivity contribution in [2.45, 2.75) is 0 Å². The van der Waals surface area contributed by atoms with Crippen molar-refractivity contribution in [3.05, 3.63) is 52.7 Å². The highest BCUT2D eigenvalue weighted by Crippen LogP contribution is 2.30. The van der Waals surface area contributed by atoms with Gasteiger partial charge in [-0.2, -0.15) is 0 Å². The average molecular weight is 379 g/mol. The van der Waals surface area contributed by atoms with Gasteiger partial charge in [-0.1, -0.05) is 12.1 Å². The second-order valence-electron chi connectivity index (χ2n) is 6.90. The van der Waals surface area contributed by atoms with Crippen LogP contribution in [0.3, 0.4) is 0 Å². The van der Waals surface area contributed by atoms with Crippen LogP contribution in [0, 0.1) is 10.1 Å². The number of nitro groups is 1. The molecule has 1 fully saturated rings. The van der Waals surface area contributed by atoms with E-state index in [4.69, 9.17) is 5.73 Å². The molecule has 0 aliphatic carbocycles. The zero-order valence-corrected chi connectivity index (χ0v) is 15.5. The summed E-state index contributed by atoms with van der Waals surface area (Å²) in [5.41, 5.74) is 11.4. The Labute approximate surface area is 161 Å². The lowest BCUT2D eigenvalue weighted by Crippen LogP contribution is -2.47. The summed E-state index contributed by atoms with van der Waals surface area (Å²) >= 11 is 0. The van der Waals surface area contributed by atoms with Crippen LogP contribution in [0.25, 0.3) is 22.0 Å². The molecule has 1 aliphatic heterocycles. The van der Waals surface area contributed by atoms with Gasteiger partial charge in [0.1, 0.15) is 5.69 Å². The number of likely N-dealkylation sites (N-methyl/N-ethyl adjacent to an activating group) is 1. The maximum absolute atomic E-state index is 11.1. The predicted molar refractivity (Wildman–Crippen MR) is 109 cm³/mol. The fourth-order valence-electron chi connectivity index (χ4n) is 3.21. The van der Waals surface area contributed by atoms with E-state index in [1.165, 1.54) is 6.07 Å². The number of nitrogen functional groups attached to an aromatic ring is 1. The number of benzene rings is 2. The largest absolute Gasteiger partial charge is 0.393 e. The molecule has 0 spiro atoms. The van der Waals surface area contributed by atoms with E-state index in [2.05, 4.69) is 32.4 Å². The van der Waals surface area contributed by atoms with Gasteiger partial charge in [-0.3, -0.25) is 15.5 Å². The minimum absolute atomic E-state index is 0.0967. The van der Waals surface area contributed by atoms with E-state index < -0.39 is 4.92 Å². The zero-order chi connectivity index (χ0) is 19.7. The molecule has 144 valence electrons. The number of nitrogens with two attached hydrogens (primary N) is 1. The van der Waals surface area contributed by atoms with Crippen LogP contribution >= 0.6 is 0 Å². The Kier molecular flexibility index (Phi) is 4.76. The second kappa shape index (κ2) is 7.37. The van der Waals surface area contributed by atoms with Crippen molar-refractivity contribution < 1.29 is 4.92 Å². The van der Waals surface area contributed by atoms with Crippen LogP contribution in [-0.4, -0.2) is 58.0 Å². The SMILES string of the molecule is CN1CCN(Nc2ncc3cc(-c4ccc(N)c([N+](=O)[O-])c4)ccc3n2)CC1. The first kappa shape index (κ1) is 18.1. The van der Waals surface area contributed by atoms with Gasteiger partial charge in [0.2, 0.25) is 5.95 Å². The molecule has 3 aromatic rings. The van der Waals surface area contributed by atoms with Gasteiger partial charge < -0.3 is 10.6 Å². The Balaban J connectivity index is 1.58. The van der Waals surface area contributed by atoms with Crippen molar-refractivity contribution in [2.24, 2.45) is 0 Å². The van der Waals surface area contributed by atoms with Crippen LogP contribution in [0.5, 0.6) is 0 Å². The van der Waals surface area contributed by atoms with Crippen molar-refractivity contribution in [1.82, 2.24) is 19.9 Å². The standard InChI is InChI=1S/C19H21N7O2/c1-24-6-8-25(9-7-24)23-19-21-12-15-10-13(3-5-17(15)22-19)14-2-4-16(20)18(11-14)26(27)28/h2-5,10-12H,6-9,20H2,1H3,(H,21,22,23). The highest BCUT2D eigenvalue weighted by molar-refractivity contribution is 5.85. The third-order valence-electron chi connectivity index (χ3n) is 4.90. The van der Waals surface area contributed by atoms with Crippen molar-refractivity contribution in [3.63, 3.8) is 0 Å². The van der Waals surface area contributed by atoms with Gasteiger partial charge in [-0.05, 0) is 36.4 Å². The Morgan fingerprint density at radius 2 is 1.82 bits per heavy atom. The molecule has 0 radical (unpaired) electrons. The monoisotopic (exact) mass is 379 g/mol. The van der Waals surface area contributed by atoms with Gasteiger partial charge in [-0.25, -0.2) is 15.0 Å². The van der Waals surface area contributed by atoms with E-state index in [-0.39, 0.29) is 11.4 Å². The summed E-state index contributed by atoms with van der Waals surface area (Å²) in [6.07, 6.45) is 1.76. The molecule has 0 amide bonds. The van der Waals surface area contributed by atoms with Crippen molar-refractivity contribution in [2.75, 3.05) is 44.4 Å². The summed E-state index contributed by atoms with van der Waals surface area (Å²) in [5, 5.41) is 14.1. The molecule has 1 aromatic heterocycles. The molecule has 1 aliphatic rings. The lowest BCUT2D eigenvalue weighted by atomic mass is 10.0. The van der Waals surface area contributed by atoms with E-state index in [0.717, 1.165) is 48.2 Å². The fraction of sp³-hybridized carbons (Fsp3) is 0.263. The summed E-state index contributed by atoms with van der Waals surface area (Å²) in [4.78, 5) is 21.9. The quantitative estimate of drug-likeness (QED) is 0.403. The van der Waals surface area contributed by atoms with Gasteiger partial charge in [0.25, 0.3) is 5.69 Å². The van der Waals surface area contributed by atoms with Gasteiger partial charge >= 0.3 is 0 Å². The molecule has 9 nitrogen and oxygen atoms in total. The number of nitrogens with zero attached hydrogens (tertiary/aromatic N) is 5. The minimum atomic E-state index is -0.473. The zero-order valence-electron chi connectivity index (χ0n) is 15.5. The number of hydrogen-bond acceptors (Lipinski definition) is 8. The molecular weight excluding hydrogens is 358 g/mol. The summed E-state index contributed by atoms with van der Waals surface area (Å²) < 4.78 is 0. The number of nitrogens with one attached hydrogen (secondary N) is 1. The smallest absolute Gasteiger partial charge is 0.292 e. The molecule has 4 rings (SSSR count). The van der Waals surface area contributed by atoms with Crippen LogP contribution in [0.4, 0.5) is 17.3 Å². The predicted octanol–water partition coefficient (Wildman–Crippen LogP) is 2.36. The number of piperazine rings is 1. The third-order valence-corrected chi connectivity index (χ3v) is 4.90. The maximum atomic E-state index is 11.1. The van der Waals surface area contributed by atoms with Gasteiger partial charge in [0.15, 0.2) is 0 Å². The molecule has 3 N–H and O–H groups in total. The number of fused-ring (bicyclic) bond motifs is 1. The average Bonchev–Trinajstić information content (AvgIpc) is 2.69. The third kappa shape index (κ3) is 3.71. The van der Waals surface area contributed by atoms with E-state index in [0.29, 0.717) is 5.95 Å². The fourth-order valence-corrected chi connectivity index (χ4v) is 3.21. The first-order chi connectivity index (χ1) is 13.5. The Morgan fingerprint density at radius 3 is 2.57 bits per heavy atom. The normalized spacial score (nSPS) is 15.6. The number of nitro benzene ring substituents is 1. The van der Waals surface area contributed by atoms with E-state index >= 15 is 0 Å². The molecule has 9 heteroatoms. The number of anilines is 2. The molecule has 0 bridgehead atoms. The van der Waals surface area contributed by atoms with Crippen LogP contribution < -0.4 is 11.2 Å². The maximum Gasteiger partial charge on any atom is 0.292 e. The second-order valence-corrected chi connectivity index (χ2v) is 6.90. The molecule has 28 heavy (non-hydrogen) atoms. The topological polar surface area (TPSA) is 113 Å². The van der Waals surface area contributed by atoms with Gasteiger partial charge in [0, 0.05) is 43.8 Å². The molecule has 0 saturated carbocycles. The summed E-state index contributed by atoms with van der Waals surface area (Å²) in [6, 6.07) is 10.5. The molecule has 0 unspecified atom stereocenters. The Hall–Kier alpha value is -3.30. The highest BCUT2D eigenvalue weighted by atomic mass is 16.6. The molecule has 1 saturated heterocycles. The van der Waals surface area contributed by atoms with Crippen LogP contribution in [0.2, 0.25) is 0 Å². The van der Waals surface area contributed by atoms with E-state index in [1.807, 2.05) is 18.2 Å². The first-order valence-electron chi connectivity index (χ1n) is 9.01. The van der Waals surface area contributed by atoms with E-state index in [9.17, 15) is 10.1 Å². The number of hydrogen-bond donors (Lipinski definition) is 2. The Morgan fingerprint density at radius 1 is 1.11 bits per heavy atom. The number of rotatable bonds is 4. The van der Waals surface area contributed by atoms with E-state index in [1.54, 1.807) is 18.3 Å². The lowest BCUT2D eigenvalue weighted by molar-refractivity contribution is -0.383. The van der Waals surface area contributed by atoms with Gasteiger partial charge in [0.05, 0.1) is 10.4 Å². The lowest BCUT2D eigenvalue weighted by Gasteiger charge is -2.32. The van der Waals surface area contributed by atoms with Crippen molar-refractivity contribution >= 4 is 28.2 Å². The molecule has 2 heterocycles. The number of hydrazine groups is 1. The minimum Gasteiger partial charge on any atom is -0.393 e. The highest BCUT2D eigenvalue weighted by Gasteiger charge is 2.15. The summed E-state index contributed by atoms with van der Waals surface area (Å²) in [5.74, 6) is 0.563. The van der Waals surface area contributed by atoms with Crippen LogP contribution in [0.1, 0.15) is 0 Å². The first-order valence-corrected chi connectivity index (χ1v) is 9.01. The van der Waals surface area contributed by atoms with Crippen LogP contribution in [0.15, 0.2) is 42.6 Å².